The van der Waals surface area contributed by atoms with Crippen molar-refractivity contribution >= 4 is 16.9 Å². The third-order valence-corrected chi connectivity index (χ3v) is 8.79. The highest BCUT2D eigenvalue weighted by atomic mass is 19.1. The lowest BCUT2D eigenvalue weighted by molar-refractivity contribution is 0.0697. The molecular weight excluding hydrogens is 531 g/mol. The number of hydrogen-bond acceptors (Lipinski definition) is 5. The number of rotatable bonds is 8. The number of carbonyl (C=O) groups is 1. The van der Waals surface area contributed by atoms with Crippen molar-refractivity contribution in [2.45, 2.75) is 57.5 Å². The quantitative estimate of drug-likeness (QED) is 0.266. The summed E-state index contributed by atoms with van der Waals surface area (Å²) in [4.78, 5) is 20.7. The molecule has 1 aliphatic heterocycles. The maximum absolute atomic E-state index is 15.7. The van der Waals surface area contributed by atoms with E-state index in [0.29, 0.717) is 19.6 Å². The van der Waals surface area contributed by atoms with E-state index < -0.39 is 12.1 Å². The lowest BCUT2D eigenvalue weighted by Crippen LogP contribution is -2.35. The third kappa shape index (κ3) is 5.78. The number of aromatic carboxylic acids is 1. The molecule has 1 saturated carbocycles. The van der Waals surface area contributed by atoms with Crippen molar-refractivity contribution in [3.8, 4) is 17.0 Å². The van der Waals surface area contributed by atoms with Crippen LogP contribution in [0.5, 0.6) is 5.75 Å². The van der Waals surface area contributed by atoms with Crippen LogP contribution in [0.25, 0.3) is 22.2 Å². The van der Waals surface area contributed by atoms with Crippen LogP contribution in [0.15, 0.2) is 60.9 Å². The average molecular weight is 571 g/mol. The smallest absolute Gasteiger partial charge is 0.335 e. The number of pyridine rings is 1. The predicted octanol–water partition coefficient (Wildman–Crippen LogP) is 6.35. The molecule has 1 fully saturated rings. The number of nitrogens with zero attached hydrogens (tertiary/aromatic N) is 4. The van der Waals surface area contributed by atoms with Gasteiger partial charge in [0.2, 0.25) is 0 Å². The van der Waals surface area contributed by atoms with Crippen LogP contribution in [0.3, 0.4) is 0 Å². The number of carboxylic acids is 1. The van der Waals surface area contributed by atoms with Crippen LogP contribution >= 0.6 is 0 Å². The molecule has 6 rings (SSSR count). The first-order valence-electron chi connectivity index (χ1n) is 14.9. The third-order valence-electron chi connectivity index (χ3n) is 8.79. The number of halogens is 1. The Labute approximate surface area is 246 Å². The summed E-state index contributed by atoms with van der Waals surface area (Å²) in [5, 5.41) is 10.8. The predicted molar refractivity (Wildman–Crippen MR) is 163 cm³/mol. The molecule has 0 bridgehead atoms. The van der Waals surface area contributed by atoms with Crippen molar-refractivity contribution < 1.29 is 19.0 Å². The summed E-state index contributed by atoms with van der Waals surface area (Å²) >= 11 is 0. The summed E-state index contributed by atoms with van der Waals surface area (Å²) in [5.74, 6) is -0.380. The molecule has 2 aliphatic rings. The fourth-order valence-corrected chi connectivity index (χ4v) is 6.58. The fourth-order valence-electron chi connectivity index (χ4n) is 6.58. The SMILES string of the molecule is CN(C)CCN1CCn2c(c([C@@H]3CCCC[C@H]3F)c3ccc(C(=O)O)cc32)-c2ccc(OCc3ccncc3)cc2C1. The van der Waals surface area contributed by atoms with Gasteiger partial charge in [0.15, 0.2) is 0 Å². The van der Waals surface area contributed by atoms with Crippen molar-refractivity contribution in [2.24, 2.45) is 0 Å². The van der Waals surface area contributed by atoms with E-state index in [1.54, 1.807) is 24.5 Å². The van der Waals surface area contributed by atoms with Crippen LogP contribution in [-0.2, 0) is 19.7 Å². The molecule has 1 N–H and O–H groups in total. The van der Waals surface area contributed by atoms with Crippen molar-refractivity contribution in [2.75, 3.05) is 33.7 Å². The van der Waals surface area contributed by atoms with Crippen LogP contribution in [0.4, 0.5) is 4.39 Å². The number of ether oxygens (including phenoxy) is 1. The van der Waals surface area contributed by atoms with Crippen molar-refractivity contribution in [1.29, 1.82) is 0 Å². The van der Waals surface area contributed by atoms with Gasteiger partial charge in [-0.05, 0) is 86.1 Å². The topological polar surface area (TPSA) is 70.8 Å². The second kappa shape index (κ2) is 12.2. The summed E-state index contributed by atoms with van der Waals surface area (Å²) in [5.41, 5.74) is 6.44. The van der Waals surface area contributed by atoms with Crippen molar-refractivity contribution in [1.82, 2.24) is 19.4 Å². The van der Waals surface area contributed by atoms with Gasteiger partial charge in [-0.2, -0.15) is 0 Å². The lowest BCUT2D eigenvalue weighted by Gasteiger charge is -2.31. The van der Waals surface area contributed by atoms with Crippen LogP contribution in [0.1, 0.15) is 58.6 Å². The van der Waals surface area contributed by atoms with E-state index in [4.69, 9.17) is 4.74 Å². The first-order valence-corrected chi connectivity index (χ1v) is 14.9. The maximum Gasteiger partial charge on any atom is 0.335 e. The van der Waals surface area contributed by atoms with Gasteiger partial charge in [-0.3, -0.25) is 9.88 Å². The molecule has 42 heavy (non-hydrogen) atoms. The van der Waals surface area contributed by atoms with Crippen LogP contribution < -0.4 is 4.74 Å². The number of likely N-dealkylation sites (N-methyl/N-ethyl adjacent to an activating group) is 1. The van der Waals surface area contributed by atoms with E-state index in [0.717, 1.165) is 90.0 Å². The minimum Gasteiger partial charge on any atom is -0.489 e. The largest absolute Gasteiger partial charge is 0.489 e. The van der Waals surface area contributed by atoms with Crippen LogP contribution in [0.2, 0.25) is 0 Å². The molecule has 3 heterocycles. The number of hydrogen-bond donors (Lipinski definition) is 1. The Balaban J connectivity index is 1.50. The number of carboxylic acid groups (broad SMARTS) is 1. The molecule has 8 heteroatoms. The zero-order valence-corrected chi connectivity index (χ0v) is 24.4. The average Bonchev–Trinajstić information content (AvgIpc) is 3.29. The minimum atomic E-state index is -0.954. The standard InChI is InChI=1S/C34H39FN4O3/c1-37(2)15-16-38-17-18-39-31-20-24(34(40)41)7-9-29(31)32(28-5-3-4-6-30(28)35)33(39)27-10-8-26(19-25(27)21-38)42-22-23-11-13-36-14-12-23/h7-14,19-20,28,30H,3-6,15-18,21-22H2,1-2H3,(H,40,41)/t28-,30-/m1/s1. The summed E-state index contributed by atoms with van der Waals surface area (Å²) in [6.07, 6.45) is 5.88. The van der Waals surface area contributed by atoms with E-state index in [1.807, 2.05) is 24.3 Å². The van der Waals surface area contributed by atoms with Gasteiger partial charge in [-0.15, -0.1) is 0 Å². The van der Waals surface area contributed by atoms with Crippen LogP contribution in [0, 0.1) is 0 Å². The normalized spacial score (nSPS) is 19.2. The Hall–Kier alpha value is -3.75. The molecular formula is C34H39FN4O3. The van der Waals surface area contributed by atoms with Gasteiger partial charge in [0.25, 0.3) is 0 Å². The van der Waals surface area contributed by atoms with Crippen LogP contribution in [-0.4, -0.2) is 70.3 Å². The number of benzene rings is 2. The van der Waals surface area contributed by atoms with Gasteiger partial charge in [-0.1, -0.05) is 18.9 Å². The molecule has 0 amide bonds. The molecule has 4 aromatic rings. The highest BCUT2D eigenvalue weighted by Crippen LogP contribution is 2.47. The fraction of sp³-hybridized carbons (Fsp3) is 0.412. The Morgan fingerprint density at radius 1 is 1.07 bits per heavy atom. The Kier molecular flexibility index (Phi) is 8.27. The first kappa shape index (κ1) is 28.4. The molecule has 2 aromatic carbocycles. The van der Waals surface area contributed by atoms with Gasteiger partial charge < -0.3 is 19.3 Å². The highest BCUT2D eigenvalue weighted by molar-refractivity contribution is 5.98. The second-order valence-electron chi connectivity index (χ2n) is 11.9. The van der Waals surface area contributed by atoms with Crippen molar-refractivity contribution in [3.63, 3.8) is 0 Å². The summed E-state index contributed by atoms with van der Waals surface area (Å²) in [6, 6.07) is 15.5. The van der Waals surface area contributed by atoms with Gasteiger partial charge >= 0.3 is 5.97 Å². The monoisotopic (exact) mass is 570 g/mol. The number of fused-ring (bicyclic) bond motifs is 5. The Morgan fingerprint density at radius 3 is 2.64 bits per heavy atom. The van der Waals surface area contributed by atoms with E-state index in [1.165, 1.54) is 0 Å². The molecule has 1 aliphatic carbocycles. The summed E-state index contributed by atoms with van der Waals surface area (Å²) < 4.78 is 24.2. The van der Waals surface area contributed by atoms with Gasteiger partial charge in [0, 0.05) is 67.5 Å². The second-order valence-corrected chi connectivity index (χ2v) is 11.9. The molecule has 0 spiro atoms. The highest BCUT2D eigenvalue weighted by Gasteiger charge is 2.34. The van der Waals surface area contributed by atoms with E-state index >= 15 is 4.39 Å². The van der Waals surface area contributed by atoms with E-state index in [-0.39, 0.29) is 11.5 Å². The number of alkyl halides is 1. The molecule has 0 unspecified atom stereocenters. The molecule has 2 aromatic heterocycles. The van der Waals surface area contributed by atoms with Gasteiger partial charge in [-0.25, -0.2) is 9.18 Å². The Bertz CT molecular complexity index is 1570. The van der Waals surface area contributed by atoms with E-state index in [2.05, 4.69) is 45.6 Å². The Morgan fingerprint density at radius 2 is 1.88 bits per heavy atom. The molecule has 0 radical (unpaired) electrons. The van der Waals surface area contributed by atoms with Crippen molar-refractivity contribution in [3.05, 3.63) is 83.2 Å². The zero-order valence-electron chi connectivity index (χ0n) is 24.4. The first-order chi connectivity index (χ1) is 20.4. The molecule has 7 nitrogen and oxygen atoms in total. The summed E-state index contributed by atoms with van der Waals surface area (Å²) in [6.45, 7) is 4.51. The van der Waals surface area contributed by atoms with E-state index in [9.17, 15) is 9.90 Å². The molecule has 0 saturated heterocycles. The minimum absolute atomic E-state index is 0.215. The lowest BCUT2D eigenvalue weighted by atomic mass is 9.80. The molecule has 220 valence electrons. The zero-order chi connectivity index (χ0) is 29.2. The maximum atomic E-state index is 15.7. The van der Waals surface area contributed by atoms with Gasteiger partial charge in [0.05, 0.1) is 11.3 Å². The van der Waals surface area contributed by atoms with Gasteiger partial charge in [0.1, 0.15) is 18.5 Å². The molecule has 2 atom stereocenters. The summed E-state index contributed by atoms with van der Waals surface area (Å²) in [7, 11) is 4.16. The number of aromatic nitrogens is 2.